The number of phenols is 6. The molecule has 8 aromatic carbocycles. The second-order valence-electron chi connectivity index (χ2n) is 38.8. The van der Waals surface area contributed by atoms with E-state index in [1.54, 1.807) is 109 Å². The molecule has 1 aliphatic heterocycles. The molecule has 1 heterocycles. The number of aromatic hydroxyl groups is 6. The van der Waals surface area contributed by atoms with Gasteiger partial charge in [0.15, 0.2) is 5.75 Å². The zero-order valence-corrected chi connectivity index (χ0v) is 99.4. The number of rotatable bonds is 45. The van der Waals surface area contributed by atoms with Gasteiger partial charge in [-0.2, -0.15) is 20.1 Å². The largest absolute Gasteiger partial charge is 1.00 e. The van der Waals surface area contributed by atoms with Crippen molar-refractivity contribution in [3.63, 3.8) is 0 Å². The number of unbranched alkanes of at least 4 members (excludes halogenated alkanes) is 13. The molecule has 147 heavy (non-hydrogen) atoms. The molecule has 0 spiro atoms. The predicted molar refractivity (Wildman–Crippen MR) is 605 cm³/mol. The minimum Gasteiger partial charge on any atom is -0.507 e. The van der Waals surface area contributed by atoms with E-state index in [0.717, 1.165) is 185 Å². The number of hydrogen-bond donors (Lipinski definition) is 8. The molecule has 0 saturated carbocycles. The molecule has 1 radical (unpaired) electrons. The van der Waals surface area contributed by atoms with Crippen molar-refractivity contribution in [3.8, 4) is 114 Å². The summed E-state index contributed by atoms with van der Waals surface area (Å²) in [6.07, 6.45) is 28.1. The van der Waals surface area contributed by atoms with Crippen LogP contribution in [-0.4, -0.2) is 145 Å². The molecule has 26 nitrogen and oxygen atoms in total. The van der Waals surface area contributed by atoms with Crippen molar-refractivity contribution in [2.24, 2.45) is 0 Å². The van der Waals surface area contributed by atoms with Crippen LogP contribution < -0.4 is 42.0 Å². The van der Waals surface area contributed by atoms with Crippen LogP contribution in [0.25, 0.3) is 61.2 Å². The molecule has 1 fully saturated rings. The summed E-state index contributed by atoms with van der Waals surface area (Å²) in [4.78, 5) is 22.8. The van der Waals surface area contributed by atoms with Crippen LogP contribution in [0.2, 0.25) is 0 Å². The summed E-state index contributed by atoms with van der Waals surface area (Å²) in [7, 11) is 3.93. The predicted octanol–water partition coefficient (Wildman–Crippen LogP) is 28.0. The van der Waals surface area contributed by atoms with E-state index in [4.69, 9.17) is 48.5 Å². The molecule has 0 atom stereocenters. The van der Waals surface area contributed by atoms with Gasteiger partial charge in [-0.15, -0.1) is 20.2 Å². The van der Waals surface area contributed by atoms with Gasteiger partial charge in [-0.3, -0.25) is 0 Å². The second kappa shape index (κ2) is 70.6. The van der Waals surface area contributed by atoms with Crippen LogP contribution in [0.15, 0.2) is 141 Å². The number of ether oxygens (including phenoxy) is 5. The summed E-state index contributed by atoms with van der Waals surface area (Å²) < 4.78 is 75.2. The first-order valence-electron chi connectivity index (χ1n) is 48.8. The average Bonchev–Trinajstić information content (AvgIpc) is 0.780. The number of benzene rings is 8. The Kier molecular flexibility index (Phi) is 67.6. The van der Waals surface area contributed by atoms with E-state index >= 15 is 0 Å². The van der Waals surface area contributed by atoms with E-state index < -0.39 is 34.9 Å². The SMILES string of the molecule is C1CCOC1.C=C(C)c1ccc(OC)cc1-c1c(C)cc(C(C)(C)CCCCCCBr)cc1OS(C)(=O)=O.C=C(C)c1ccc(OC)cc1-c1c(O)cc(C(C)(C)CCCCCCBr)cc1O.C=C(C)c1ccc(OC)cc1-c1c(O)cc(C(C)(C)CCCCCCO[N+](=O)[O-])cc1O.CC#N.COc1ccc(C(C)(C)O)c(-c2c(O)cc(C(C)(C)CCCCCCBr)cc2O)c1.CS(=O)(=O)Cl.O=[N+]([O-])O.[2HH].[Ag].[CH2-]CCC.[Li+]. The van der Waals surface area contributed by atoms with Crippen molar-refractivity contribution in [2.75, 3.05) is 76.8 Å². The minimum atomic E-state index is -3.72. The number of aryl methyl sites for hydroxylation is 1. The summed E-state index contributed by atoms with van der Waals surface area (Å²) in [6.45, 7) is 49.7. The van der Waals surface area contributed by atoms with Gasteiger partial charge in [0.05, 0.1) is 75.9 Å². The Bertz CT molecular complexity index is 5610. The maximum Gasteiger partial charge on any atom is 1.00 e. The molecule has 9 rings (SSSR count). The average molecular weight is 2390 g/mol. The number of nitriles is 1. The van der Waals surface area contributed by atoms with Crippen molar-refractivity contribution in [2.45, 2.75) is 292 Å². The Labute approximate surface area is 936 Å². The van der Waals surface area contributed by atoms with Crippen molar-refractivity contribution in [3.05, 3.63) is 218 Å². The Morgan fingerprint density at radius 1 is 0.490 bits per heavy atom. The second-order valence-corrected chi connectivity index (χ2v) is 45.8. The van der Waals surface area contributed by atoms with Crippen molar-refractivity contribution in [1.29, 1.82) is 5.26 Å². The van der Waals surface area contributed by atoms with E-state index in [1.165, 1.54) is 84.0 Å². The van der Waals surface area contributed by atoms with Crippen LogP contribution in [0, 0.1) is 45.4 Å². The van der Waals surface area contributed by atoms with Crippen molar-refractivity contribution < 1.29 is 143 Å². The monoisotopic (exact) mass is 2380 g/mol. The number of methoxy groups -OCH3 is 4. The molecule has 0 unspecified atom stereocenters. The summed E-state index contributed by atoms with van der Waals surface area (Å²) >= 11 is 10.4. The molecule has 1 saturated heterocycles. The first-order valence-corrected chi connectivity index (χ1v) is 56.7. The van der Waals surface area contributed by atoms with E-state index in [-0.39, 0.29) is 105 Å². The molecule has 821 valence electrons. The Morgan fingerprint density at radius 3 is 0.980 bits per heavy atom. The van der Waals surface area contributed by atoms with Gasteiger partial charge in [-0.05, 0) is 280 Å². The smallest absolute Gasteiger partial charge is 0.507 e. The molecular weight excluding hydrogens is 2220 g/mol. The van der Waals surface area contributed by atoms with Crippen molar-refractivity contribution in [1.82, 2.24) is 0 Å². The quantitative estimate of drug-likeness (QED) is 0.00257. The van der Waals surface area contributed by atoms with Gasteiger partial charge in [0.25, 0.3) is 10.2 Å². The first-order chi connectivity index (χ1) is 67.7. The van der Waals surface area contributed by atoms with Crippen molar-refractivity contribution >= 4 is 94.4 Å². The van der Waals surface area contributed by atoms with Gasteiger partial charge in [0.1, 0.15) is 57.5 Å². The maximum atomic E-state index is 12.2. The number of hydrogen-bond acceptors (Lipinski definition) is 23. The maximum absolute atomic E-state index is 12.2. The van der Waals surface area contributed by atoms with Gasteiger partial charge in [0.2, 0.25) is 9.05 Å². The molecule has 0 aromatic heterocycles. The standard InChI is InChI=1S/C27H37BrO4S.C25H35BrO4.C25H33BrO3.C25H33NO6.C4H8O.C4H9.C2H3N.CH3ClO2S.Ag.Li.HNO3.H2/c1-19(2)23-13-12-22(31-6)18-24(23)26-20(3)16-21(17-25(26)32-33(7,29)30)27(4,5)14-10-8-9-11-15-28;1-24(2,12-8-6-7-9-13-26)17-14-21(27)23(22(28)15-17)19-16-18(30-5)10-11-20(19)25(3,4)29;1-17(2)20-11-10-19(29-5)16-21(20)24-22(27)14-18(15-23(24)28)25(3,4)12-8-6-7-9-13-26;1-17(2)20-11-10-19(31-5)16-21(20)24-22(27)14-18(15-23(24)28)25(3,4)12-8-6-7-9-13-32-26(29)30;1-2-4-5-3-1;1-3-4-2;1-2-3;1-5(2,3)4;;;2-1(3)4;/h12-13,16-18H,1,8-11,14-15H2,2-7H3;10-11,14-16,27-29H,6-9,12-13H2,1-5H3;10-11,14-16,27-28H,1,6-9,12-13H2,2-5H3;10-11,14-16,27-28H,1,6-9,12-13H2,2-5H3;1-4H2;1,3-4H2,2H3;1H3;1H3;;;(H,2,3,4);1H/q;;;;;-1;;;;+1;;/i;;;;;;;;;;;1+1. The number of alkyl halides is 3. The van der Waals surface area contributed by atoms with Crippen LogP contribution >= 0.6 is 58.5 Å². The molecule has 34 heteroatoms. The van der Waals surface area contributed by atoms with Gasteiger partial charge < -0.3 is 80.6 Å². The number of nitrogens with zero attached hydrogens (tertiary/aromatic N) is 3. The fourth-order valence-electron chi connectivity index (χ4n) is 15.9. The summed E-state index contributed by atoms with van der Waals surface area (Å²) in [5.74, 6) is 3.04. The Balaban J connectivity index is -0.00000176. The third kappa shape index (κ3) is 52.4. The Morgan fingerprint density at radius 2 is 0.741 bits per heavy atom. The van der Waals surface area contributed by atoms with E-state index in [2.05, 4.69) is 158 Å². The van der Waals surface area contributed by atoms with Gasteiger partial charge >= 0.3 is 29.0 Å². The molecule has 0 amide bonds. The van der Waals surface area contributed by atoms with E-state index in [9.17, 15) is 62.7 Å². The molecule has 0 bridgehead atoms. The number of phenolic OH excluding ortho intramolecular Hbond substituents is 6. The fourth-order valence-corrected chi connectivity index (χ4v) is 17.6. The first kappa shape index (κ1) is 141. The molecule has 8 N–H and O–H groups in total. The van der Waals surface area contributed by atoms with Gasteiger partial charge in [-0.1, -0.05) is 260 Å². The number of allylic oxidation sites excluding steroid dienone is 3. The third-order valence-corrected chi connectivity index (χ3v) is 26.3. The van der Waals surface area contributed by atoms with Gasteiger partial charge in [0, 0.05) is 87.3 Å². The molecule has 1 aliphatic rings. The van der Waals surface area contributed by atoms with Crippen LogP contribution in [0.4, 0.5) is 0 Å². The van der Waals surface area contributed by atoms with Gasteiger partial charge in [-0.25, -0.2) is 8.42 Å². The molecule has 8 aromatic rings. The van der Waals surface area contributed by atoms with Crippen LogP contribution in [0.5, 0.6) is 63.2 Å². The van der Waals surface area contributed by atoms with Crippen LogP contribution in [-0.2, 0) is 78.4 Å². The summed E-state index contributed by atoms with van der Waals surface area (Å²) in [5, 5.41) is 109. The number of aliphatic hydroxyl groups is 1. The summed E-state index contributed by atoms with van der Waals surface area (Å²) in [6, 6.07) is 38.3. The fraction of sp³-hybridized carbons (Fsp3) is 0.504. The number of halogens is 4. The Hall–Kier alpha value is -8.44. The zero-order chi connectivity index (χ0) is 111. The van der Waals surface area contributed by atoms with E-state index in [1.807, 2.05) is 82.3 Å². The molecular formula is C113H164AgBr3ClLiN3O23S2. The third-order valence-electron chi connectivity index (χ3n) is 24.1. The molecule has 0 aliphatic carbocycles. The zero-order valence-electron chi connectivity index (χ0n) is 90.8. The van der Waals surface area contributed by atoms with E-state index in [0.29, 0.717) is 74.1 Å². The van der Waals surface area contributed by atoms with Crippen LogP contribution in [0.1, 0.15) is 309 Å². The van der Waals surface area contributed by atoms with Crippen LogP contribution in [0.3, 0.4) is 0 Å². The minimum absolute atomic E-state index is 0. The normalized spacial score (nSPS) is 11.5. The summed E-state index contributed by atoms with van der Waals surface area (Å²) in [5.41, 5.74) is 13.2. The topological polar surface area (TPSA) is 405 Å².